The second-order valence-corrected chi connectivity index (χ2v) is 5.96. The first kappa shape index (κ1) is 15.1. The van der Waals surface area contributed by atoms with Crippen molar-refractivity contribution in [3.05, 3.63) is 36.2 Å². The van der Waals surface area contributed by atoms with Gasteiger partial charge in [0.1, 0.15) is 11.6 Å². The first-order chi connectivity index (χ1) is 11.2. The van der Waals surface area contributed by atoms with E-state index in [1.165, 1.54) is 6.20 Å². The SMILES string of the molecule is CC1CCN(C(=O)/C(C#N)=C\Nc2ccc3cn[nH]c3c2)CC1. The molecule has 23 heavy (non-hydrogen) atoms. The van der Waals surface area contributed by atoms with Gasteiger partial charge in [-0.1, -0.05) is 6.92 Å². The van der Waals surface area contributed by atoms with Crippen molar-refractivity contribution in [1.82, 2.24) is 15.1 Å². The monoisotopic (exact) mass is 309 g/mol. The van der Waals surface area contributed by atoms with E-state index in [0.29, 0.717) is 5.92 Å². The molecule has 0 bridgehead atoms. The summed E-state index contributed by atoms with van der Waals surface area (Å²) in [5, 5.41) is 20.2. The lowest BCUT2D eigenvalue weighted by molar-refractivity contribution is -0.128. The summed E-state index contributed by atoms with van der Waals surface area (Å²) in [6.45, 7) is 3.63. The van der Waals surface area contributed by atoms with E-state index in [-0.39, 0.29) is 11.5 Å². The Morgan fingerprint density at radius 1 is 1.48 bits per heavy atom. The molecular formula is C17H19N5O. The van der Waals surface area contributed by atoms with Gasteiger partial charge in [-0.15, -0.1) is 0 Å². The number of likely N-dealkylation sites (tertiary alicyclic amines) is 1. The number of piperidine rings is 1. The van der Waals surface area contributed by atoms with Crippen LogP contribution in [-0.4, -0.2) is 34.1 Å². The lowest BCUT2D eigenvalue weighted by atomic mass is 9.99. The summed E-state index contributed by atoms with van der Waals surface area (Å²) >= 11 is 0. The average molecular weight is 309 g/mol. The summed E-state index contributed by atoms with van der Waals surface area (Å²) in [7, 11) is 0. The van der Waals surface area contributed by atoms with Crippen molar-refractivity contribution in [2.45, 2.75) is 19.8 Å². The van der Waals surface area contributed by atoms with Gasteiger partial charge in [-0.3, -0.25) is 9.89 Å². The van der Waals surface area contributed by atoms with Crippen LogP contribution in [0.3, 0.4) is 0 Å². The molecule has 2 heterocycles. The molecule has 1 saturated heterocycles. The summed E-state index contributed by atoms with van der Waals surface area (Å²) in [5.41, 5.74) is 1.83. The maximum atomic E-state index is 12.4. The Hall–Kier alpha value is -2.81. The number of nitrogens with zero attached hydrogens (tertiary/aromatic N) is 3. The molecule has 1 aromatic carbocycles. The Labute approximate surface area is 134 Å². The molecule has 0 atom stereocenters. The fourth-order valence-electron chi connectivity index (χ4n) is 2.71. The highest BCUT2D eigenvalue weighted by molar-refractivity contribution is 5.97. The van der Waals surface area contributed by atoms with E-state index >= 15 is 0 Å². The van der Waals surface area contributed by atoms with Crippen molar-refractivity contribution in [1.29, 1.82) is 5.26 Å². The number of hydrogen-bond donors (Lipinski definition) is 2. The van der Waals surface area contributed by atoms with E-state index in [1.807, 2.05) is 24.3 Å². The predicted molar refractivity (Wildman–Crippen MR) is 88.4 cm³/mol. The fourth-order valence-corrected chi connectivity index (χ4v) is 2.71. The quantitative estimate of drug-likeness (QED) is 0.674. The highest BCUT2D eigenvalue weighted by Crippen LogP contribution is 2.19. The zero-order valence-electron chi connectivity index (χ0n) is 13.0. The van der Waals surface area contributed by atoms with Crippen LogP contribution < -0.4 is 5.32 Å². The highest BCUT2D eigenvalue weighted by atomic mass is 16.2. The summed E-state index contributed by atoms with van der Waals surface area (Å²) < 4.78 is 0. The molecule has 0 radical (unpaired) electrons. The normalized spacial score (nSPS) is 16.3. The van der Waals surface area contributed by atoms with Gasteiger partial charge < -0.3 is 10.2 Å². The van der Waals surface area contributed by atoms with Crippen molar-refractivity contribution in [3.8, 4) is 6.07 Å². The molecule has 0 saturated carbocycles. The number of nitrogens with one attached hydrogen (secondary N) is 2. The number of aromatic amines is 1. The molecule has 1 aliphatic heterocycles. The fraction of sp³-hybridized carbons (Fsp3) is 0.353. The minimum absolute atomic E-state index is 0.129. The first-order valence-electron chi connectivity index (χ1n) is 7.76. The van der Waals surface area contributed by atoms with Crippen LogP contribution in [0.25, 0.3) is 10.9 Å². The third-order valence-electron chi connectivity index (χ3n) is 4.25. The second-order valence-electron chi connectivity index (χ2n) is 5.96. The highest BCUT2D eigenvalue weighted by Gasteiger charge is 2.22. The zero-order valence-corrected chi connectivity index (χ0v) is 13.0. The van der Waals surface area contributed by atoms with Crippen LogP contribution >= 0.6 is 0 Å². The van der Waals surface area contributed by atoms with E-state index in [2.05, 4.69) is 22.4 Å². The van der Waals surface area contributed by atoms with Crippen molar-refractivity contribution in [2.75, 3.05) is 18.4 Å². The largest absolute Gasteiger partial charge is 0.360 e. The van der Waals surface area contributed by atoms with Crippen molar-refractivity contribution in [3.63, 3.8) is 0 Å². The molecule has 1 amide bonds. The van der Waals surface area contributed by atoms with Gasteiger partial charge in [-0.2, -0.15) is 10.4 Å². The molecule has 2 aromatic rings. The Morgan fingerprint density at radius 2 is 2.26 bits per heavy atom. The summed E-state index contributed by atoms with van der Waals surface area (Å²) in [6, 6.07) is 7.70. The van der Waals surface area contributed by atoms with E-state index in [0.717, 1.165) is 42.5 Å². The average Bonchev–Trinajstić information content (AvgIpc) is 3.03. The van der Waals surface area contributed by atoms with Crippen LogP contribution in [0.2, 0.25) is 0 Å². The smallest absolute Gasteiger partial charge is 0.266 e. The number of aromatic nitrogens is 2. The molecule has 1 fully saturated rings. The molecule has 118 valence electrons. The number of hydrogen-bond acceptors (Lipinski definition) is 4. The minimum Gasteiger partial charge on any atom is -0.360 e. The molecule has 0 spiro atoms. The first-order valence-corrected chi connectivity index (χ1v) is 7.76. The molecule has 6 heteroatoms. The van der Waals surface area contributed by atoms with Crippen LogP contribution in [0.4, 0.5) is 5.69 Å². The number of anilines is 1. The molecule has 1 aliphatic rings. The topological polar surface area (TPSA) is 84.8 Å². The second kappa shape index (κ2) is 6.53. The Bertz CT molecular complexity index is 778. The number of carbonyl (C=O) groups is 1. The number of H-pyrrole nitrogens is 1. The summed E-state index contributed by atoms with van der Waals surface area (Å²) in [5.74, 6) is 0.447. The molecular weight excluding hydrogens is 290 g/mol. The molecule has 1 aromatic heterocycles. The number of fused-ring (bicyclic) bond motifs is 1. The molecule has 2 N–H and O–H groups in total. The summed E-state index contributed by atoms with van der Waals surface area (Å²) in [6.07, 6.45) is 5.22. The van der Waals surface area contributed by atoms with E-state index in [4.69, 9.17) is 0 Å². The minimum atomic E-state index is -0.200. The standard InChI is InChI=1S/C17H19N5O/c1-12-4-6-22(7-5-12)17(23)14(9-18)10-19-15-3-2-13-11-20-21-16(13)8-15/h2-3,8,10-12,19H,4-7H2,1H3,(H,20,21)/b14-10-. The number of nitriles is 1. The van der Waals surface area contributed by atoms with Crippen LogP contribution in [0, 0.1) is 17.2 Å². The molecule has 6 nitrogen and oxygen atoms in total. The van der Waals surface area contributed by atoms with Crippen LogP contribution in [0.15, 0.2) is 36.2 Å². The Kier molecular flexibility index (Phi) is 4.29. The van der Waals surface area contributed by atoms with Gasteiger partial charge in [0, 0.05) is 30.4 Å². The number of rotatable bonds is 3. The van der Waals surface area contributed by atoms with Crippen molar-refractivity contribution in [2.24, 2.45) is 5.92 Å². The molecule has 3 rings (SSSR count). The number of carbonyl (C=O) groups excluding carboxylic acids is 1. The van der Waals surface area contributed by atoms with E-state index in [1.54, 1.807) is 11.1 Å². The summed E-state index contributed by atoms with van der Waals surface area (Å²) in [4.78, 5) is 14.2. The van der Waals surface area contributed by atoms with Gasteiger partial charge in [0.2, 0.25) is 0 Å². The van der Waals surface area contributed by atoms with Crippen molar-refractivity contribution >= 4 is 22.5 Å². The molecule has 0 unspecified atom stereocenters. The van der Waals surface area contributed by atoms with Gasteiger partial charge in [-0.25, -0.2) is 0 Å². The van der Waals surface area contributed by atoms with Gasteiger partial charge in [-0.05, 0) is 37.0 Å². The third-order valence-corrected chi connectivity index (χ3v) is 4.25. The lowest BCUT2D eigenvalue weighted by Crippen LogP contribution is -2.38. The third kappa shape index (κ3) is 3.34. The molecule has 0 aliphatic carbocycles. The van der Waals surface area contributed by atoms with Gasteiger partial charge >= 0.3 is 0 Å². The van der Waals surface area contributed by atoms with Crippen LogP contribution in [0.5, 0.6) is 0 Å². The Morgan fingerprint density at radius 3 is 3.00 bits per heavy atom. The van der Waals surface area contributed by atoms with E-state index < -0.39 is 0 Å². The van der Waals surface area contributed by atoms with Gasteiger partial charge in [0.15, 0.2) is 0 Å². The van der Waals surface area contributed by atoms with E-state index in [9.17, 15) is 10.1 Å². The van der Waals surface area contributed by atoms with Crippen LogP contribution in [-0.2, 0) is 4.79 Å². The van der Waals surface area contributed by atoms with Gasteiger partial charge in [0.05, 0.1) is 11.7 Å². The van der Waals surface area contributed by atoms with Gasteiger partial charge in [0.25, 0.3) is 5.91 Å². The maximum Gasteiger partial charge on any atom is 0.266 e. The maximum absolute atomic E-state index is 12.4. The lowest BCUT2D eigenvalue weighted by Gasteiger charge is -2.30. The Balaban J connectivity index is 1.71. The van der Waals surface area contributed by atoms with Crippen molar-refractivity contribution < 1.29 is 4.79 Å². The number of benzene rings is 1. The predicted octanol–water partition coefficient (Wildman–Crippen LogP) is 2.64. The van der Waals surface area contributed by atoms with Crippen LogP contribution in [0.1, 0.15) is 19.8 Å². The number of amides is 1. The zero-order chi connectivity index (χ0) is 16.2.